The molecule has 548 valence electrons. The Morgan fingerprint density at radius 2 is 0.707 bits per heavy atom. The second kappa shape index (κ2) is 39.0. The number of amides is 4. The molecule has 0 spiro atoms. The van der Waals surface area contributed by atoms with Crippen molar-refractivity contribution in [3.63, 3.8) is 0 Å². The summed E-state index contributed by atoms with van der Waals surface area (Å²) in [5.74, 6) is 2.90. The number of halogens is 2. The average molecular weight is 1730 g/mol. The summed E-state index contributed by atoms with van der Waals surface area (Å²) in [5, 5.41) is 7.14. The van der Waals surface area contributed by atoms with Crippen LogP contribution in [0, 0.1) is 44.4 Å². The van der Waals surface area contributed by atoms with Crippen LogP contribution in [-0.4, -0.2) is 81.0 Å². The average Bonchev–Trinajstić information content (AvgIpc) is 1.55. The van der Waals surface area contributed by atoms with Crippen molar-refractivity contribution in [2.75, 3.05) is 13.1 Å². The van der Waals surface area contributed by atoms with Crippen molar-refractivity contribution in [3.05, 3.63) is 68.7 Å². The number of unbranched alkanes of at least 4 members (excludes halogenated alkanes) is 14. The molecule has 0 aromatic carbocycles. The minimum Gasteiger partial charge on any atom is -0.274 e. The maximum Gasteiger partial charge on any atom is 0.263 e. The van der Waals surface area contributed by atoms with E-state index >= 15 is 0 Å². The van der Waals surface area contributed by atoms with Crippen LogP contribution in [0.2, 0.25) is 39.0 Å². The molecule has 10 heterocycles. The van der Waals surface area contributed by atoms with Gasteiger partial charge in [0.2, 0.25) is 0 Å². The molecule has 0 fully saturated rings. The minimum atomic E-state index is -2.09. The Kier molecular flexibility index (Phi) is 32.8. The maximum atomic E-state index is 14.0. The van der Waals surface area contributed by atoms with Gasteiger partial charge in [-0.15, -0.1) is 45.3 Å². The van der Waals surface area contributed by atoms with Gasteiger partial charge in [-0.1, -0.05) is 157 Å². The van der Waals surface area contributed by atoms with Crippen LogP contribution >= 0.6 is 99.9 Å². The Morgan fingerprint density at radius 3 is 1.09 bits per heavy atom. The van der Waals surface area contributed by atoms with Crippen molar-refractivity contribution in [3.8, 4) is 29.3 Å². The molecule has 4 aliphatic heterocycles. The predicted octanol–water partition coefficient (Wildman–Crippen LogP) is 26.0. The first-order chi connectivity index (χ1) is 47.5. The molecule has 0 bridgehead atoms. The molecule has 6 aromatic heterocycles. The summed E-state index contributed by atoms with van der Waals surface area (Å²) in [7, 11) is -3.79. The number of fused-ring (bicyclic) bond motifs is 8. The summed E-state index contributed by atoms with van der Waals surface area (Å²) in [4.78, 5) is 75.7. The summed E-state index contributed by atoms with van der Waals surface area (Å²) in [5.41, 5.74) is 2.43. The standard InChI is InChI=1S/C40H59NO2S3Si.C25H39S2Si.C14H17Br2NO2S.3CH3.Sn/c1-8-13-16-17-18-19-22-41-39(42)34-28(7)45-36(35(34)40(41)43)31-24-33-38(46-31)37-32(23-27(6)44-37)47(33,25-29(11-4)20-14-9-2)26-30(12-5)21-15-10-3;1-6-10-12-20(8-3)17-28(18-21(9-4)13-11-7-2)22-14-15-26-24(22)25-23(28)16-19(5)27-25;1-2-3-4-5-6-7-8-17-13(18)9-10(14(17)19)12(16)20-11(9)15;;;;/h23-24,29-30H,8-22,25-26H2,1-7H3;14,16,20-21H,6-13,17-18H2,1-5H3;2-8H2,1H3;3*1H3;. The van der Waals surface area contributed by atoms with E-state index in [0.29, 0.717) is 35.3 Å². The van der Waals surface area contributed by atoms with Gasteiger partial charge >= 0.3 is 214 Å². The first-order valence-electron chi connectivity index (χ1n) is 39.4. The molecule has 0 radical (unpaired) electrons. The number of aryl methyl sites for hydroxylation is 3. The van der Waals surface area contributed by atoms with Gasteiger partial charge in [0.25, 0.3) is 23.6 Å². The summed E-state index contributed by atoms with van der Waals surface area (Å²) >= 11 is 16.0. The largest absolute Gasteiger partial charge is 0.274 e. The molecule has 4 unspecified atom stereocenters. The third-order valence-electron chi connectivity index (χ3n) is 22.5. The van der Waals surface area contributed by atoms with E-state index in [4.69, 9.17) is 0 Å². The Bertz CT molecular complexity index is 3570. The summed E-state index contributed by atoms with van der Waals surface area (Å²) in [6.07, 6.45) is 35.2. The fraction of sp³-hybridized carbons (Fsp3) is 0.659. The molecule has 0 saturated carbocycles. The van der Waals surface area contributed by atoms with Gasteiger partial charge in [0.15, 0.2) is 0 Å². The summed E-state index contributed by atoms with van der Waals surface area (Å²) in [6, 6.07) is 16.3. The van der Waals surface area contributed by atoms with Gasteiger partial charge in [-0.3, -0.25) is 29.0 Å². The number of hydrogen-bond acceptors (Lipinski definition) is 10. The number of nitrogens with zero attached hydrogens (tertiary/aromatic N) is 2. The Labute approximate surface area is 647 Å². The first kappa shape index (κ1) is 83.3. The Balaban J connectivity index is 0.000000207. The van der Waals surface area contributed by atoms with Crippen molar-refractivity contribution in [1.82, 2.24) is 9.80 Å². The van der Waals surface area contributed by atoms with E-state index in [9.17, 15) is 19.2 Å². The van der Waals surface area contributed by atoms with Crippen LogP contribution in [0.1, 0.15) is 305 Å². The van der Waals surface area contributed by atoms with Crippen molar-refractivity contribution in [2.24, 2.45) is 23.7 Å². The van der Waals surface area contributed by atoms with Crippen LogP contribution in [0.25, 0.3) is 29.3 Å². The van der Waals surface area contributed by atoms with Crippen LogP contribution in [0.4, 0.5) is 0 Å². The van der Waals surface area contributed by atoms with Gasteiger partial charge in [-0.05, 0) is 105 Å². The zero-order chi connectivity index (χ0) is 71.9. The van der Waals surface area contributed by atoms with E-state index in [2.05, 4.69) is 177 Å². The molecular formula is C82H124Br2N2O4S6Si2Sn. The number of carbonyl (C=O) groups is 4. The fourth-order valence-electron chi connectivity index (χ4n) is 16.6. The predicted molar refractivity (Wildman–Crippen MR) is 455 cm³/mol. The van der Waals surface area contributed by atoms with Crippen LogP contribution in [0.5, 0.6) is 0 Å². The van der Waals surface area contributed by atoms with Gasteiger partial charge in [0.05, 0.1) is 34.7 Å². The number of hydrogen-bond donors (Lipinski definition) is 0. The van der Waals surface area contributed by atoms with E-state index in [0.717, 1.165) is 66.7 Å². The topological polar surface area (TPSA) is 74.8 Å². The molecule has 99 heavy (non-hydrogen) atoms. The molecule has 4 amide bonds. The number of carbonyl (C=O) groups excluding carboxylic acids is 4. The van der Waals surface area contributed by atoms with Crippen molar-refractivity contribution in [1.29, 1.82) is 0 Å². The molecule has 4 atom stereocenters. The van der Waals surface area contributed by atoms with Crippen LogP contribution in [0.3, 0.4) is 0 Å². The van der Waals surface area contributed by atoms with Gasteiger partial charge in [-0.25, -0.2) is 0 Å². The molecule has 6 aromatic rings. The second-order valence-electron chi connectivity index (χ2n) is 31.0. The SMILES string of the molecule is CCCCC(CC)C[Si]1(CC(CC)CCCC)c2cc(C)sc2-c2s[c]([Sn]([CH3])([CH3])[CH3])cc21.CCCCCCCCN1C(=O)c2c(Br)sc(Br)c2C1=O.CCCCCCCCN1C(=O)c2c(C)sc(-c3cc4c(s3)-c3sc(C)cc3[Si]4(CC(CC)CCCC)CC(CC)CCCC)c2C1=O. The van der Waals surface area contributed by atoms with E-state index in [1.54, 1.807) is 41.2 Å². The Morgan fingerprint density at radius 1 is 0.374 bits per heavy atom. The third-order valence-corrected chi connectivity index (χ3v) is 52.0. The molecule has 0 N–H and O–H groups in total. The molecule has 17 heteroatoms. The second-order valence-corrected chi connectivity index (χ2v) is 64.0. The third kappa shape index (κ3) is 19.2. The summed E-state index contributed by atoms with van der Waals surface area (Å²) in [6.45, 7) is 31.4. The van der Waals surface area contributed by atoms with E-state index in [-0.39, 0.29) is 23.6 Å². The fourth-order valence-corrected chi connectivity index (χ4v) is 47.3. The zero-order valence-corrected chi connectivity index (χ0v) is 76.8. The van der Waals surface area contributed by atoms with E-state index in [1.165, 1.54) is 214 Å². The number of imide groups is 2. The van der Waals surface area contributed by atoms with Crippen LogP contribution < -0.4 is 23.6 Å². The number of thiophene rings is 6. The van der Waals surface area contributed by atoms with Gasteiger partial charge in [0, 0.05) is 37.5 Å². The van der Waals surface area contributed by atoms with Crippen LogP contribution in [0.15, 0.2) is 31.8 Å². The molecule has 4 aliphatic rings. The first-order valence-corrected chi connectivity index (χ1v) is 60.7. The normalized spacial score (nSPS) is 17.9. The quantitative estimate of drug-likeness (QED) is 0.0218. The molecule has 10 rings (SSSR count). The van der Waals surface area contributed by atoms with E-state index in [1.807, 2.05) is 42.9 Å². The van der Waals surface area contributed by atoms with E-state index < -0.39 is 34.5 Å². The maximum absolute atomic E-state index is 14.0. The van der Waals surface area contributed by atoms with Gasteiger partial charge < -0.3 is 0 Å². The molecule has 0 saturated heterocycles. The van der Waals surface area contributed by atoms with Crippen LogP contribution in [-0.2, 0) is 0 Å². The molecule has 0 aliphatic carbocycles. The van der Waals surface area contributed by atoms with Crippen molar-refractivity contribution < 1.29 is 19.2 Å². The van der Waals surface area contributed by atoms with Crippen molar-refractivity contribution in [2.45, 2.75) is 309 Å². The monoisotopic (exact) mass is 1730 g/mol. The molecule has 6 nitrogen and oxygen atoms in total. The molecular weight excluding hydrogens is 1600 g/mol. The minimum absolute atomic E-state index is 0.0566. The van der Waals surface area contributed by atoms with Gasteiger partial charge in [0.1, 0.15) is 8.07 Å². The van der Waals surface area contributed by atoms with Crippen molar-refractivity contribution >= 4 is 182 Å². The Hall–Kier alpha value is -1.33. The smallest absolute Gasteiger partial charge is 0.263 e. The zero-order valence-electron chi connectivity index (χ0n) is 63.9. The number of rotatable bonds is 40. The van der Waals surface area contributed by atoms with Gasteiger partial charge in [-0.2, -0.15) is 0 Å². The summed E-state index contributed by atoms with van der Waals surface area (Å²) < 4.78 is 3.30.